The molecule has 0 aliphatic carbocycles. The summed E-state index contributed by atoms with van der Waals surface area (Å²) in [6.07, 6.45) is 4.55. The van der Waals surface area contributed by atoms with E-state index in [4.69, 9.17) is 0 Å². The third-order valence-electron chi connectivity index (χ3n) is 9.41. The van der Waals surface area contributed by atoms with E-state index in [1.54, 1.807) is 0 Å². The highest BCUT2D eigenvalue weighted by Gasteiger charge is 2.31. The second kappa shape index (κ2) is 13.2. The van der Waals surface area contributed by atoms with E-state index in [-0.39, 0.29) is 11.8 Å². The molecule has 6 aromatic rings. The van der Waals surface area contributed by atoms with Crippen molar-refractivity contribution in [3.8, 4) is 0 Å². The average molecular weight is 611 g/mol. The summed E-state index contributed by atoms with van der Waals surface area (Å²) in [5.74, 6) is 0.118. The van der Waals surface area contributed by atoms with Crippen LogP contribution >= 0.6 is 0 Å². The predicted octanol–water partition coefficient (Wildman–Crippen LogP) is 11.0. The van der Waals surface area contributed by atoms with E-state index < -0.39 is 0 Å². The summed E-state index contributed by atoms with van der Waals surface area (Å²) >= 11 is 0. The van der Waals surface area contributed by atoms with Gasteiger partial charge in [-0.25, -0.2) is 0 Å². The summed E-state index contributed by atoms with van der Waals surface area (Å²) in [6, 6.07) is 53.4. The first kappa shape index (κ1) is 30.3. The van der Waals surface area contributed by atoms with Crippen LogP contribution in [0.5, 0.6) is 0 Å². The van der Waals surface area contributed by atoms with Crippen LogP contribution in [0.1, 0.15) is 67.5 Å². The highest BCUT2D eigenvalue weighted by atomic mass is 15.3. The minimum absolute atomic E-state index is 0.0588. The fourth-order valence-electron chi connectivity index (χ4n) is 7.63. The zero-order valence-electron chi connectivity index (χ0n) is 27.8. The van der Waals surface area contributed by atoms with Gasteiger partial charge in [0.05, 0.1) is 12.4 Å². The van der Waals surface area contributed by atoms with E-state index in [1.807, 2.05) is 0 Å². The minimum Gasteiger partial charge on any atom is -0.328 e. The summed E-state index contributed by atoms with van der Waals surface area (Å²) in [7, 11) is 0. The zero-order chi connectivity index (χ0) is 32.3. The summed E-state index contributed by atoms with van der Waals surface area (Å²) in [6.45, 7) is 9.64. The van der Waals surface area contributed by atoms with Crippen LogP contribution in [0.4, 0.5) is 11.4 Å². The first-order valence-corrected chi connectivity index (χ1v) is 16.6. The molecule has 0 saturated heterocycles. The van der Waals surface area contributed by atoms with Crippen molar-refractivity contribution in [2.75, 3.05) is 16.5 Å². The lowest BCUT2D eigenvalue weighted by Gasteiger charge is -2.33. The summed E-state index contributed by atoms with van der Waals surface area (Å²) in [5, 5.41) is 0. The molecular weight excluding hydrogens is 569 g/mol. The first-order valence-electron chi connectivity index (χ1n) is 16.6. The minimum atomic E-state index is 0.0588. The van der Waals surface area contributed by atoms with Gasteiger partial charge >= 0.3 is 0 Å². The fraction of sp³-hybridized carbons (Fsp3) is 0.156. The lowest BCUT2D eigenvalue weighted by molar-refractivity contribution is 0.889. The lowest BCUT2D eigenvalue weighted by Crippen LogP contribution is -2.28. The molecule has 1 aliphatic heterocycles. The molecule has 1 heterocycles. The van der Waals surface area contributed by atoms with Crippen LogP contribution in [0, 0.1) is 27.7 Å². The van der Waals surface area contributed by atoms with Crippen LogP contribution in [0.15, 0.2) is 158 Å². The maximum atomic E-state index is 2.49. The maximum absolute atomic E-state index is 2.49. The van der Waals surface area contributed by atoms with Crippen LogP contribution in [0.2, 0.25) is 0 Å². The Bertz CT molecular complexity index is 1790. The van der Waals surface area contributed by atoms with Gasteiger partial charge in [-0.3, -0.25) is 0 Å². The zero-order valence-corrected chi connectivity index (χ0v) is 27.8. The molecular formula is C45H42N2. The molecule has 47 heavy (non-hydrogen) atoms. The average Bonchev–Trinajstić information content (AvgIpc) is 3.55. The van der Waals surface area contributed by atoms with Crippen LogP contribution in [0.3, 0.4) is 0 Å². The highest BCUT2D eigenvalue weighted by Crippen LogP contribution is 2.46. The molecule has 0 fully saturated rings. The number of aryl methyl sites for hydroxylation is 4. The van der Waals surface area contributed by atoms with Crippen LogP contribution in [-0.4, -0.2) is 6.67 Å². The quantitative estimate of drug-likeness (QED) is 0.158. The van der Waals surface area contributed by atoms with E-state index in [2.05, 4.69) is 195 Å². The standard InChI is InChI=1S/C45H42N2/c1-32-27-34(3)44(35(4)28-32)46-25-26-47(31-46)45-40(42(36-17-9-5-10-18-36)37-19-11-6-12-20-37)29-33(2)30-41(45)43(38-21-13-7-14-22-38)39-23-15-8-16-24-39/h5-30,42-43H,31H2,1-4H3. The molecule has 232 valence electrons. The van der Waals surface area contributed by atoms with Gasteiger partial charge in [0.2, 0.25) is 0 Å². The molecule has 1 aliphatic rings. The second-order valence-corrected chi connectivity index (χ2v) is 12.9. The molecule has 0 aromatic heterocycles. The Balaban J connectivity index is 1.49. The normalized spacial score (nSPS) is 12.8. The molecule has 0 radical (unpaired) electrons. The van der Waals surface area contributed by atoms with Gasteiger partial charge in [0.1, 0.15) is 0 Å². The highest BCUT2D eigenvalue weighted by molar-refractivity contribution is 5.74. The molecule has 2 nitrogen and oxygen atoms in total. The van der Waals surface area contributed by atoms with E-state index >= 15 is 0 Å². The Morgan fingerprint density at radius 1 is 0.404 bits per heavy atom. The predicted molar refractivity (Wildman–Crippen MR) is 198 cm³/mol. The van der Waals surface area contributed by atoms with Gasteiger partial charge in [-0.1, -0.05) is 157 Å². The molecule has 0 saturated carbocycles. The van der Waals surface area contributed by atoms with Crippen molar-refractivity contribution < 1.29 is 0 Å². The van der Waals surface area contributed by atoms with Crippen molar-refractivity contribution in [1.82, 2.24) is 0 Å². The van der Waals surface area contributed by atoms with Gasteiger partial charge in [0, 0.05) is 29.9 Å². The van der Waals surface area contributed by atoms with Crippen molar-refractivity contribution in [2.24, 2.45) is 0 Å². The lowest BCUT2D eigenvalue weighted by atomic mass is 9.78. The van der Waals surface area contributed by atoms with Crippen molar-refractivity contribution in [1.29, 1.82) is 0 Å². The van der Waals surface area contributed by atoms with Gasteiger partial charge < -0.3 is 9.80 Å². The third-order valence-corrected chi connectivity index (χ3v) is 9.41. The SMILES string of the molecule is Cc1cc(C)c(N2C=CN(c3c(C(c4ccccc4)c4ccccc4)cc(C)cc3C(c3ccccc3)c3ccccc3)C2)c(C)c1. The monoisotopic (exact) mass is 610 g/mol. The van der Waals surface area contributed by atoms with Crippen LogP contribution in [-0.2, 0) is 0 Å². The Morgan fingerprint density at radius 3 is 1.09 bits per heavy atom. The van der Waals surface area contributed by atoms with Crippen molar-refractivity contribution in [3.05, 3.63) is 214 Å². The Labute approximate surface area is 280 Å². The van der Waals surface area contributed by atoms with Gasteiger partial charge in [0.15, 0.2) is 0 Å². The molecule has 2 heteroatoms. The first-order chi connectivity index (χ1) is 23.0. The number of rotatable bonds is 8. The second-order valence-electron chi connectivity index (χ2n) is 12.9. The maximum Gasteiger partial charge on any atom is 0.0989 e. The molecule has 0 amide bonds. The van der Waals surface area contributed by atoms with E-state index in [0.717, 1.165) is 6.67 Å². The summed E-state index contributed by atoms with van der Waals surface area (Å²) < 4.78 is 0. The summed E-state index contributed by atoms with van der Waals surface area (Å²) in [4.78, 5) is 4.90. The molecule has 6 aromatic carbocycles. The molecule has 0 spiro atoms. The fourth-order valence-corrected chi connectivity index (χ4v) is 7.63. The van der Waals surface area contributed by atoms with Gasteiger partial charge in [0.25, 0.3) is 0 Å². The number of benzene rings is 6. The van der Waals surface area contributed by atoms with Crippen molar-refractivity contribution in [2.45, 2.75) is 39.5 Å². The third kappa shape index (κ3) is 6.12. The van der Waals surface area contributed by atoms with Crippen LogP contribution < -0.4 is 9.80 Å². The molecule has 0 N–H and O–H groups in total. The van der Waals surface area contributed by atoms with Gasteiger partial charge in [-0.2, -0.15) is 0 Å². The molecule has 7 rings (SSSR count). The number of hydrogen-bond donors (Lipinski definition) is 0. The summed E-state index contributed by atoms with van der Waals surface area (Å²) in [5.41, 5.74) is 15.5. The topological polar surface area (TPSA) is 6.48 Å². The molecule has 0 unspecified atom stereocenters. The number of anilines is 2. The number of nitrogens with zero attached hydrogens (tertiary/aromatic N) is 2. The smallest absolute Gasteiger partial charge is 0.0989 e. The Kier molecular flexibility index (Phi) is 8.50. The van der Waals surface area contributed by atoms with Crippen LogP contribution in [0.25, 0.3) is 0 Å². The van der Waals surface area contributed by atoms with Gasteiger partial charge in [-0.15, -0.1) is 0 Å². The van der Waals surface area contributed by atoms with Gasteiger partial charge in [-0.05, 0) is 72.2 Å². The van der Waals surface area contributed by atoms with Crippen molar-refractivity contribution >= 4 is 11.4 Å². The Morgan fingerprint density at radius 2 is 0.723 bits per heavy atom. The van der Waals surface area contributed by atoms with Crippen molar-refractivity contribution in [3.63, 3.8) is 0 Å². The number of hydrogen-bond acceptors (Lipinski definition) is 2. The van der Waals surface area contributed by atoms with E-state index in [0.29, 0.717) is 0 Å². The molecule has 0 atom stereocenters. The van der Waals surface area contributed by atoms with E-state index in [1.165, 1.54) is 67.0 Å². The Hall–Kier alpha value is -5.34. The molecule has 0 bridgehead atoms. The largest absolute Gasteiger partial charge is 0.328 e. The van der Waals surface area contributed by atoms with E-state index in [9.17, 15) is 0 Å².